The average Bonchev–Trinajstić information content (AvgIpc) is 2.41. The summed E-state index contributed by atoms with van der Waals surface area (Å²) in [4.78, 5) is 15.6. The lowest BCUT2D eigenvalue weighted by molar-refractivity contribution is -0.119. The van der Waals surface area contributed by atoms with Crippen molar-refractivity contribution in [2.45, 2.75) is 13.0 Å². The van der Waals surface area contributed by atoms with Crippen LogP contribution in [0.1, 0.15) is 24.1 Å². The van der Waals surface area contributed by atoms with E-state index < -0.39 is 6.04 Å². The minimum Gasteiger partial charge on any atom is -0.508 e. The van der Waals surface area contributed by atoms with E-state index in [0.717, 1.165) is 0 Å². The van der Waals surface area contributed by atoms with E-state index in [0.29, 0.717) is 20.8 Å². The van der Waals surface area contributed by atoms with Crippen molar-refractivity contribution in [1.29, 1.82) is 0 Å². The van der Waals surface area contributed by atoms with Crippen LogP contribution >= 0.6 is 39.1 Å². The van der Waals surface area contributed by atoms with Crippen molar-refractivity contribution in [1.82, 2.24) is 10.3 Å². The maximum Gasteiger partial charge on any atom is 0.217 e. The number of amides is 1. The number of nitrogens with zero attached hydrogens (tertiary/aromatic N) is 1. The first-order valence-corrected chi connectivity index (χ1v) is 7.50. The number of aromatic nitrogens is 1. The molecule has 2 N–H and O–H groups in total. The number of hydrogen-bond acceptors (Lipinski definition) is 3. The van der Waals surface area contributed by atoms with Crippen molar-refractivity contribution in [2.75, 3.05) is 0 Å². The van der Waals surface area contributed by atoms with Crippen LogP contribution < -0.4 is 5.32 Å². The zero-order valence-electron chi connectivity index (χ0n) is 10.9. The van der Waals surface area contributed by atoms with E-state index >= 15 is 0 Å². The predicted octanol–water partition coefficient (Wildman–Crippen LogP) is 4.08. The van der Waals surface area contributed by atoms with Crippen LogP contribution in [0.5, 0.6) is 5.75 Å². The summed E-state index contributed by atoms with van der Waals surface area (Å²) in [7, 11) is 0. The fourth-order valence-corrected chi connectivity index (χ4v) is 2.45. The van der Waals surface area contributed by atoms with Gasteiger partial charge in [0.25, 0.3) is 0 Å². The van der Waals surface area contributed by atoms with Gasteiger partial charge in [-0.2, -0.15) is 0 Å². The number of rotatable bonds is 3. The molecule has 0 bridgehead atoms. The second-order valence-electron chi connectivity index (χ2n) is 4.37. The first kappa shape index (κ1) is 16.1. The molecule has 1 aromatic heterocycles. The Labute approximate surface area is 140 Å². The summed E-state index contributed by atoms with van der Waals surface area (Å²) in [5, 5.41) is 13.4. The summed E-state index contributed by atoms with van der Waals surface area (Å²) in [5.74, 6) is -0.292. The minimum absolute atomic E-state index is 0.0499. The Morgan fingerprint density at radius 1 is 1.33 bits per heavy atom. The molecule has 1 aromatic carbocycles. The average molecular weight is 390 g/mol. The van der Waals surface area contributed by atoms with Gasteiger partial charge >= 0.3 is 0 Å². The predicted molar refractivity (Wildman–Crippen MR) is 85.7 cm³/mol. The summed E-state index contributed by atoms with van der Waals surface area (Å²) in [6, 6.07) is 5.85. The molecule has 0 aliphatic rings. The van der Waals surface area contributed by atoms with E-state index in [4.69, 9.17) is 23.2 Å². The van der Waals surface area contributed by atoms with Crippen molar-refractivity contribution in [3.8, 4) is 5.75 Å². The van der Waals surface area contributed by atoms with Crippen molar-refractivity contribution in [3.63, 3.8) is 0 Å². The zero-order chi connectivity index (χ0) is 15.6. The van der Waals surface area contributed by atoms with Gasteiger partial charge in [-0.1, -0.05) is 29.3 Å². The Kier molecular flexibility index (Phi) is 5.08. The smallest absolute Gasteiger partial charge is 0.217 e. The highest BCUT2D eigenvalue weighted by Gasteiger charge is 2.20. The quantitative estimate of drug-likeness (QED) is 0.777. The number of carbonyl (C=O) groups excluding carboxylic acids is 1. The Hall–Kier alpha value is -1.30. The van der Waals surface area contributed by atoms with Crippen molar-refractivity contribution in [2.24, 2.45) is 0 Å². The van der Waals surface area contributed by atoms with Crippen molar-refractivity contribution >= 4 is 45.0 Å². The first-order chi connectivity index (χ1) is 9.88. The molecule has 0 saturated heterocycles. The molecule has 0 aliphatic carbocycles. The number of pyridine rings is 1. The summed E-state index contributed by atoms with van der Waals surface area (Å²) < 4.78 is 0.672. The van der Waals surface area contributed by atoms with Crippen LogP contribution in [-0.4, -0.2) is 16.0 Å². The molecule has 4 nitrogen and oxygen atoms in total. The third-order valence-electron chi connectivity index (χ3n) is 2.81. The molecular weight excluding hydrogens is 379 g/mol. The molecule has 2 rings (SSSR count). The van der Waals surface area contributed by atoms with Gasteiger partial charge in [-0.15, -0.1) is 0 Å². The van der Waals surface area contributed by atoms with Gasteiger partial charge in [-0.25, -0.2) is 4.98 Å². The highest BCUT2D eigenvalue weighted by Crippen LogP contribution is 2.35. The molecule has 1 atom stereocenters. The monoisotopic (exact) mass is 388 g/mol. The zero-order valence-corrected chi connectivity index (χ0v) is 14.0. The fraction of sp³-hybridized carbons (Fsp3) is 0.143. The van der Waals surface area contributed by atoms with Gasteiger partial charge in [0.15, 0.2) is 0 Å². The molecule has 1 unspecified atom stereocenters. The molecule has 21 heavy (non-hydrogen) atoms. The maximum atomic E-state index is 11.4. The van der Waals surface area contributed by atoms with Crippen LogP contribution in [0, 0.1) is 0 Å². The lowest BCUT2D eigenvalue weighted by Crippen LogP contribution is -2.27. The van der Waals surface area contributed by atoms with E-state index in [1.807, 2.05) is 0 Å². The van der Waals surface area contributed by atoms with E-state index in [1.165, 1.54) is 19.1 Å². The topological polar surface area (TPSA) is 62.2 Å². The van der Waals surface area contributed by atoms with E-state index in [2.05, 4.69) is 26.2 Å². The van der Waals surface area contributed by atoms with Gasteiger partial charge < -0.3 is 10.4 Å². The number of hydrogen-bond donors (Lipinski definition) is 2. The van der Waals surface area contributed by atoms with E-state index in [1.54, 1.807) is 18.3 Å². The summed E-state index contributed by atoms with van der Waals surface area (Å²) in [6.07, 6.45) is 1.60. The molecule has 1 heterocycles. The Bertz CT molecular complexity index is 677. The number of phenols is 1. The Balaban J connectivity index is 2.52. The molecule has 0 radical (unpaired) electrons. The third kappa shape index (κ3) is 3.87. The summed E-state index contributed by atoms with van der Waals surface area (Å²) >= 11 is 15.1. The minimum atomic E-state index is -0.571. The van der Waals surface area contributed by atoms with Gasteiger partial charge in [-0.3, -0.25) is 4.79 Å². The number of benzene rings is 1. The highest BCUT2D eigenvalue weighted by atomic mass is 79.9. The molecule has 0 spiro atoms. The lowest BCUT2D eigenvalue weighted by Gasteiger charge is -2.20. The van der Waals surface area contributed by atoms with Crippen LogP contribution in [0.25, 0.3) is 0 Å². The van der Waals surface area contributed by atoms with Gasteiger partial charge in [0.1, 0.15) is 10.4 Å². The number of phenolic OH excluding ortho intramolecular Hbond substituents is 1. The number of halogens is 3. The first-order valence-electron chi connectivity index (χ1n) is 5.95. The normalized spacial score (nSPS) is 12.0. The largest absolute Gasteiger partial charge is 0.508 e. The van der Waals surface area contributed by atoms with Gasteiger partial charge in [0.2, 0.25) is 5.91 Å². The van der Waals surface area contributed by atoms with Gasteiger partial charge in [0.05, 0.1) is 16.1 Å². The van der Waals surface area contributed by atoms with Crippen molar-refractivity contribution in [3.05, 3.63) is 56.2 Å². The van der Waals surface area contributed by atoms with Gasteiger partial charge in [-0.05, 0) is 33.6 Å². The molecule has 1 amide bonds. The van der Waals surface area contributed by atoms with Gasteiger partial charge in [0, 0.05) is 24.8 Å². The molecule has 0 fully saturated rings. The summed E-state index contributed by atoms with van der Waals surface area (Å²) in [6.45, 7) is 1.40. The van der Waals surface area contributed by atoms with Crippen LogP contribution in [-0.2, 0) is 4.79 Å². The third-order valence-corrected chi connectivity index (χ3v) is 4.00. The van der Waals surface area contributed by atoms with Crippen LogP contribution in [0.3, 0.4) is 0 Å². The molecule has 0 aliphatic heterocycles. The van der Waals surface area contributed by atoms with Crippen LogP contribution in [0.15, 0.2) is 35.1 Å². The molecule has 110 valence electrons. The number of carbonyl (C=O) groups is 1. The lowest BCUT2D eigenvalue weighted by atomic mass is 9.99. The molecule has 7 heteroatoms. The molecule has 0 saturated carbocycles. The SMILES string of the molecule is CC(=O)NC(c1ccc(Br)nc1)c1cc(Cl)c(Cl)cc1O. The van der Waals surface area contributed by atoms with Crippen LogP contribution in [0.2, 0.25) is 10.0 Å². The molecular formula is C14H11BrCl2N2O2. The van der Waals surface area contributed by atoms with Crippen molar-refractivity contribution < 1.29 is 9.90 Å². The summed E-state index contributed by atoms with van der Waals surface area (Å²) in [5.41, 5.74) is 1.16. The Morgan fingerprint density at radius 2 is 2.00 bits per heavy atom. The maximum absolute atomic E-state index is 11.4. The van der Waals surface area contributed by atoms with Crippen LogP contribution in [0.4, 0.5) is 0 Å². The van der Waals surface area contributed by atoms with E-state index in [-0.39, 0.29) is 16.7 Å². The fourth-order valence-electron chi connectivity index (χ4n) is 1.88. The Morgan fingerprint density at radius 3 is 2.57 bits per heavy atom. The number of aromatic hydroxyl groups is 1. The standard InChI is InChI=1S/C14H11BrCl2N2O2/c1-7(20)19-14(8-2-3-13(15)18-6-8)9-4-10(16)11(17)5-12(9)21/h2-6,14,21H,1H3,(H,19,20). The second-order valence-corrected chi connectivity index (χ2v) is 6.00. The number of nitrogens with one attached hydrogen (secondary N) is 1. The van der Waals surface area contributed by atoms with E-state index in [9.17, 15) is 9.90 Å². The highest BCUT2D eigenvalue weighted by molar-refractivity contribution is 9.10. The second kappa shape index (κ2) is 6.64. The molecule has 2 aromatic rings.